The van der Waals surface area contributed by atoms with Crippen LogP contribution in [0.5, 0.6) is 0 Å². The maximum absolute atomic E-state index is 13.2. The Morgan fingerprint density at radius 3 is 2.70 bits per heavy atom. The fourth-order valence-electron chi connectivity index (χ4n) is 2.16. The maximum atomic E-state index is 13.2. The Bertz CT molecular complexity index is 557. The van der Waals surface area contributed by atoms with Crippen LogP contribution in [0.25, 0.3) is 0 Å². The van der Waals surface area contributed by atoms with Crippen LogP contribution < -0.4 is 4.72 Å². The van der Waals surface area contributed by atoms with E-state index in [1.165, 1.54) is 6.07 Å². The molecule has 1 aliphatic rings. The Morgan fingerprint density at radius 1 is 1.35 bits per heavy atom. The molecule has 20 heavy (non-hydrogen) atoms. The van der Waals surface area contributed by atoms with Gasteiger partial charge in [-0.15, -0.1) is 0 Å². The molecule has 0 aliphatic carbocycles. The Balaban J connectivity index is 2.11. The maximum Gasteiger partial charge on any atom is 0.241 e. The van der Waals surface area contributed by atoms with Gasteiger partial charge in [0.2, 0.25) is 10.0 Å². The molecule has 0 saturated carbocycles. The van der Waals surface area contributed by atoms with Crippen molar-refractivity contribution in [2.24, 2.45) is 5.92 Å². The molecule has 1 saturated heterocycles. The zero-order valence-corrected chi connectivity index (χ0v) is 12.6. The lowest BCUT2D eigenvalue weighted by Gasteiger charge is -2.21. The van der Waals surface area contributed by atoms with Crippen molar-refractivity contribution in [3.05, 3.63) is 29.6 Å². The van der Waals surface area contributed by atoms with E-state index >= 15 is 0 Å². The summed E-state index contributed by atoms with van der Waals surface area (Å²) in [5.74, 6) is 1.80. The van der Waals surface area contributed by atoms with Gasteiger partial charge in [-0.3, -0.25) is 0 Å². The van der Waals surface area contributed by atoms with Gasteiger partial charge in [0.1, 0.15) is 5.82 Å². The largest absolute Gasteiger partial charge is 0.392 e. The van der Waals surface area contributed by atoms with Crippen molar-refractivity contribution in [3.8, 4) is 0 Å². The van der Waals surface area contributed by atoms with E-state index in [1.54, 1.807) is 0 Å². The van der Waals surface area contributed by atoms with E-state index in [1.807, 2.05) is 11.8 Å². The summed E-state index contributed by atoms with van der Waals surface area (Å²) in [6.07, 6.45) is 1.98. The van der Waals surface area contributed by atoms with Gasteiger partial charge < -0.3 is 5.11 Å². The van der Waals surface area contributed by atoms with Crippen molar-refractivity contribution in [1.29, 1.82) is 0 Å². The number of benzene rings is 1. The number of hydrogen-bond acceptors (Lipinski definition) is 4. The summed E-state index contributed by atoms with van der Waals surface area (Å²) in [6, 6.07) is 3.38. The molecule has 0 spiro atoms. The predicted molar refractivity (Wildman–Crippen MR) is 77.6 cm³/mol. The van der Waals surface area contributed by atoms with Crippen molar-refractivity contribution < 1.29 is 17.9 Å². The molecule has 0 atom stereocenters. The molecule has 1 aromatic carbocycles. The van der Waals surface area contributed by atoms with E-state index in [2.05, 4.69) is 4.72 Å². The highest BCUT2D eigenvalue weighted by Crippen LogP contribution is 2.23. The molecule has 1 fully saturated rings. The summed E-state index contributed by atoms with van der Waals surface area (Å²) in [5.41, 5.74) is 0.207. The van der Waals surface area contributed by atoms with Crippen molar-refractivity contribution in [2.75, 3.05) is 18.1 Å². The number of hydrogen-bond donors (Lipinski definition) is 2. The van der Waals surface area contributed by atoms with E-state index in [0.717, 1.165) is 36.5 Å². The normalized spacial score (nSPS) is 17.3. The molecule has 0 aromatic heterocycles. The highest BCUT2D eigenvalue weighted by atomic mass is 32.2. The first kappa shape index (κ1) is 15.8. The fraction of sp³-hybridized carbons (Fsp3) is 0.538. The Labute approximate surface area is 122 Å². The van der Waals surface area contributed by atoms with Crippen LogP contribution in [0.2, 0.25) is 0 Å². The van der Waals surface area contributed by atoms with Crippen LogP contribution in [0, 0.1) is 11.7 Å². The molecule has 2 rings (SSSR count). The third-order valence-corrected chi connectivity index (χ3v) is 5.95. The van der Waals surface area contributed by atoms with Crippen LogP contribution in [0.3, 0.4) is 0 Å². The number of aliphatic hydroxyl groups excluding tert-OH is 1. The van der Waals surface area contributed by atoms with Gasteiger partial charge in [0.05, 0.1) is 11.5 Å². The molecule has 4 nitrogen and oxygen atoms in total. The molecule has 2 N–H and O–H groups in total. The van der Waals surface area contributed by atoms with Crippen molar-refractivity contribution >= 4 is 21.8 Å². The number of thioether (sulfide) groups is 1. The van der Waals surface area contributed by atoms with Gasteiger partial charge in [0.15, 0.2) is 0 Å². The summed E-state index contributed by atoms with van der Waals surface area (Å²) in [6.45, 7) is -0.0686. The van der Waals surface area contributed by atoms with Crippen molar-refractivity contribution in [3.63, 3.8) is 0 Å². The lowest BCUT2D eigenvalue weighted by Crippen LogP contribution is -2.31. The molecule has 0 unspecified atom stereocenters. The summed E-state index contributed by atoms with van der Waals surface area (Å²) in [7, 11) is -3.78. The summed E-state index contributed by atoms with van der Waals surface area (Å²) in [4.78, 5) is -0.176. The highest BCUT2D eigenvalue weighted by Gasteiger charge is 2.21. The van der Waals surface area contributed by atoms with Crippen LogP contribution in [0.4, 0.5) is 4.39 Å². The average Bonchev–Trinajstić information content (AvgIpc) is 2.46. The SMILES string of the molecule is O=S(=O)(NCC1CCSCC1)c1cc(F)ccc1CO. The van der Waals surface area contributed by atoms with E-state index in [0.29, 0.717) is 12.5 Å². The minimum Gasteiger partial charge on any atom is -0.392 e. The standard InChI is InChI=1S/C13H18FNO3S2/c14-12-2-1-11(9-16)13(7-12)20(17,18)15-8-10-3-5-19-6-4-10/h1-2,7,10,15-16H,3-6,8-9H2. The zero-order chi connectivity index (χ0) is 14.6. The molecule has 1 aromatic rings. The molecule has 0 amide bonds. The Hall–Kier alpha value is -0.630. The van der Waals surface area contributed by atoms with Gasteiger partial charge in [-0.1, -0.05) is 6.07 Å². The van der Waals surface area contributed by atoms with Gasteiger partial charge in [-0.2, -0.15) is 11.8 Å². The molecule has 0 bridgehead atoms. The van der Waals surface area contributed by atoms with E-state index in [9.17, 15) is 17.9 Å². The second-order valence-corrected chi connectivity index (χ2v) is 7.78. The third kappa shape index (κ3) is 3.94. The number of rotatable bonds is 5. The highest BCUT2D eigenvalue weighted by molar-refractivity contribution is 7.99. The predicted octanol–water partition coefficient (Wildman–Crippen LogP) is 1.74. The lowest BCUT2D eigenvalue weighted by atomic mass is 10.0. The monoisotopic (exact) mass is 319 g/mol. The number of nitrogens with one attached hydrogen (secondary N) is 1. The zero-order valence-electron chi connectivity index (χ0n) is 11.0. The third-order valence-electron chi connectivity index (χ3n) is 3.39. The summed E-state index contributed by atoms with van der Waals surface area (Å²) < 4.78 is 40.2. The number of aliphatic hydroxyl groups is 1. The number of sulfonamides is 1. The molecule has 7 heteroatoms. The summed E-state index contributed by atoms with van der Waals surface area (Å²) >= 11 is 1.88. The fourth-order valence-corrected chi connectivity index (χ4v) is 4.73. The van der Waals surface area contributed by atoms with E-state index in [4.69, 9.17) is 0 Å². The van der Waals surface area contributed by atoms with Gasteiger partial charge in [-0.05, 0) is 48.0 Å². The van der Waals surface area contributed by atoms with E-state index < -0.39 is 22.4 Å². The van der Waals surface area contributed by atoms with Crippen LogP contribution >= 0.6 is 11.8 Å². The van der Waals surface area contributed by atoms with Crippen molar-refractivity contribution in [1.82, 2.24) is 4.72 Å². The second kappa shape index (κ2) is 6.89. The lowest BCUT2D eigenvalue weighted by molar-refractivity contribution is 0.278. The van der Waals surface area contributed by atoms with Gasteiger partial charge >= 0.3 is 0 Å². The number of halogens is 1. The molecule has 1 heterocycles. The minimum absolute atomic E-state index is 0.176. The van der Waals surface area contributed by atoms with Crippen LogP contribution in [-0.4, -0.2) is 31.6 Å². The molecule has 112 valence electrons. The van der Waals surface area contributed by atoms with Crippen LogP contribution in [0.1, 0.15) is 18.4 Å². The second-order valence-electron chi connectivity index (χ2n) is 4.82. The van der Waals surface area contributed by atoms with Crippen molar-refractivity contribution in [2.45, 2.75) is 24.3 Å². The first-order valence-electron chi connectivity index (χ1n) is 6.49. The molecular weight excluding hydrogens is 301 g/mol. The molecule has 1 aliphatic heterocycles. The van der Waals surface area contributed by atoms with Crippen LogP contribution in [0.15, 0.2) is 23.1 Å². The summed E-state index contributed by atoms with van der Waals surface area (Å²) in [5, 5.41) is 9.17. The van der Waals surface area contributed by atoms with Gasteiger partial charge in [0.25, 0.3) is 0 Å². The average molecular weight is 319 g/mol. The quantitative estimate of drug-likeness (QED) is 0.867. The van der Waals surface area contributed by atoms with Gasteiger partial charge in [0, 0.05) is 6.54 Å². The first-order chi connectivity index (χ1) is 9.53. The molecular formula is C13H18FNO3S2. The van der Waals surface area contributed by atoms with E-state index in [-0.39, 0.29) is 10.5 Å². The Morgan fingerprint density at radius 2 is 2.05 bits per heavy atom. The minimum atomic E-state index is -3.78. The Kier molecular flexibility index (Phi) is 5.42. The molecule has 0 radical (unpaired) electrons. The first-order valence-corrected chi connectivity index (χ1v) is 9.13. The smallest absolute Gasteiger partial charge is 0.241 e. The topological polar surface area (TPSA) is 66.4 Å². The van der Waals surface area contributed by atoms with Gasteiger partial charge in [-0.25, -0.2) is 17.5 Å². The van der Waals surface area contributed by atoms with Crippen LogP contribution in [-0.2, 0) is 16.6 Å².